The van der Waals surface area contributed by atoms with Gasteiger partial charge in [0, 0.05) is 16.6 Å². The fourth-order valence-corrected chi connectivity index (χ4v) is 2.36. The molecule has 2 heterocycles. The third kappa shape index (κ3) is 1.76. The van der Waals surface area contributed by atoms with Gasteiger partial charge in [0.05, 0.1) is 11.0 Å². The first-order chi connectivity index (χ1) is 9.78. The Balaban J connectivity index is 1.72. The van der Waals surface area contributed by atoms with Crippen LogP contribution in [0.15, 0.2) is 48.5 Å². The summed E-state index contributed by atoms with van der Waals surface area (Å²) in [4.78, 5) is 11.0. The number of para-hydroxylation sites is 2. The predicted molar refractivity (Wildman–Crippen MR) is 82.1 cm³/mol. The number of nitrogens with two attached hydrogens (primary N) is 1. The lowest BCUT2D eigenvalue weighted by Crippen LogP contribution is -1.91. The molecular formula is C15H13N5. The van der Waals surface area contributed by atoms with Crippen LogP contribution in [0.1, 0.15) is 0 Å². The average molecular weight is 263 g/mol. The van der Waals surface area contributed by atoms with Gasteiger partial charge in [0.25, 0.3) is 0 Å². The van der Waals surface area contributed by atoms with Crippen LogP contribution in [0.25, 0.3) is 21.9 Å². The molecule has 20 heavy (non-hydrogen) atoms. The second kappa shape index (κ2) is 4.03. The molecule has 2 aromatic heterocycles. The highest BCUT2D eigenvalue weighted by atomic mass is 15.2. The molecule has 0 atom stereocenters. The number of benzene rings is 2. The molecule has 2 aromatic carbocycles. The smallest absolute Gasteiger partial charge is 0.206 e. The molecule has 0 bridgehead atoms. The van der Waals surface area contributed by atoms with Crippen LogP contribution in [-0.4, -0.2) is 15.0 Å². The Morgan fingerprint density at radius 1 is 0.950 bits per heavy atom. The Bertz CT molecular complexity index is 870. The summed E-state index contributed by atoms with van der Waals surface area (Å²) in [5.41, 5.74) is 9.53. The van der Waals surface area contributed by atoms with Crippen LogP contribution in [0.5, 0.6) is 0 Å². The van der Waals surface area contributed by atoms with Crippen molar-refractivity contribution in [2.45, 2.75) is 0 Å². The van der Waals surface area contributed by atoms with Gasteiger partial charge in [0.15, 0.2) is 0 Å². The molecule has 0 unspecified atom stereocenters. The number of nitrogens with zero attached hydrogens (tertiary/aromatic N) is 1. The summed E-state index contributed by atoms with van der Waals surface area (Å²) < 4.78 is 0. The first-order valence-electron chi connectivity index (χ1n) is 6.38. The SMILES string of the molecule is Nc1ccc2[nH]c(Nc3nc4ccccc4[nH]3)cc2c1. The summed E-state index contributed by atoms with van der Waals surface area (Å²) in [5.74, 6) is 1.59. The highest BCUT2D eigenvalue weighted by Gasteiger charge is 2.05. The van der Waals surface area contributed by atoms with E-state index in [0.717, 1.165) is 33.4 Å². The van der Waals surface area contributed by atoms with Crippen molar-refractivity contribution < 1.29 is 0 Å². The first-order valence-corrected chi connectivity index (χ1v) is 6.38. The van der Waals surface area contributed by atoms with Crippen LogP contribution in [0, 0.1) is 0 Å². The monoisotopic (exact) mass is 263 g/mol. The normalized spacial score (nSPS) is 11.2. The van der Waals surface area contributed by atoms with Crippen LogP contribution >= 0.6 is 0 Å². The Hall–Kier alpha value is -2.95. The zero-order valence-electron chi connectivity index (χ0n) is 10.6. The molecule has 0 fully saturated rings. The number of hydrogen-bond acceptors (Lipinski definition) is 3. The molecular weight excluding hydrogens is 250 g/mol. The number of rotatable bonds is 2. The molecule has 5 nitrogen and oxygen atoms in total. The third-order valence-electron chi connectivity index (χ3n) is 3.29. The van der Waals surface area contributed by atoms with Crippen LogP contribution < -0.4 is 11.1 Å². The minimum absolute atomic E-state index is 0.714. The van der Waals surface area contributed by atoms with E-state index in [2.05, 4.69) is 20.3 Å². The molecule has 0 saturated carbocycles. The van der Waals surface area contributed by atoms with Crippen molar-refractivity contribution in [3.05, 3.63) is 48.5 Å². The van der Waals surface area contributed by atoms with E-state index >= 15 is 0 Å². The number of fused-ring (bicyclic) bond motifs is 2. The number of nitrogens with one attached hydrogen (secondary N) is 3. The maximum absolute atomic E-state index is 5.78. The standard InChI is InChI=1S/C15H13N5/c16-10-5-6-11-9(7-10)8-14(17-11)20-15-18-12-3-1-2-4-13(12)19-15/h1-8,17H,16H2,(H2,18,19,20). The molecule has 5 N–H and O–H groups in total. The average Bonchev–Trinajstić information content (AvgIpc) is 3.00. The number of hydrogen-bond donors (Lipinski definition) is 4. The molecule has 98 valence electrons. The summed E-state index contributed by atoms with van der Waals surface area (Å²) in [5, 5.41) is 4.31. The summed E-state index contributed by atoms with van der Waals surface area (Å²) in [6, 6.07) is 15.7. The van der Waals surface area contributed by atoms with E-state index in [9.17, 15) is 0 Å². The lowest BCUT2D eigenvalue weighted by molar-refractivity contribution is 1.28. The molecule has 0 saturated heterocycles. The van der Waals surface area contributed by atoms with E-state index in [1.165, 1.54) is 0 Å². The molecule has 0 amide bonds. The largest absolute Gasteiger partial charge is 0.399 e. The number of aromatic amines is 2. The molecule has 0 aliphatic rings. The van der Waals surface area contributed by atoms with E-state index in [1.54, 1.807) is 0 Å². The molecule has 5 heteroatoms. The van der Waals surface area contributed by atoms with E-state index < -0.39 is 0 Å². The van der Waals surface area contributed by atoms with E-state index in [0.29, 0.717) is 5.95 Å². The second-order valence-electron chi connectivity index (χ2n) is 4.76. The van der Waals surface area contributed by atoms with Gasteiger partial charge >= 0.3 is 0 Å². The number of aromatic nitrogens is 3. The van der Waals surface area contributed by atoms with Crippen molar-refractivity contribution >= 4 is 39.4 Å². The van der Waals surface area contributed by atoms with Gasteiger partial charge in [-0.05, 0) is 36.4 Å². The van der Waals surface area contributed by atoms with Gasteiger partial charge in [0.1, 0.15) is 5.82 Å². The molecule has 0 radical (unpaired) electrons. The minimum Gasteiger partial charge on any atom is -0.399 e. The minimum atomic E-state index is 0.714. The van der Waals surface area contributed by atoms with Crippen molar-refractivity contribution in [3.63, 3.8) is 0 Å². The fraction of sp³-hybridized carbons (Fsp3) is 0. The van der Waals surface area contributed by atoms with Crippen molar-refractivity contribution in [2.24, 2.45) is 0 Å². The summed E-state index contributed by atoms with van der Waals surface area (Å²) in [6.45, 7) is 0. The van der Waals surface area contributed by atoms with Crippen molar-refractivity contribution in [1.82, 2.24) is 15.0 Å². The highest BCUT2D eigenvalue weighted by molar-refractivity contribution is 5.87. The Kier molecular flexibility index (Phi) is 2.20. The second-order valence-corrected chi connectivity index (χ2v) is 4.76. The van der Waals surface area contributed by atoms with Gasteiger partial charge in [-0.15, -0.1) is 0 Å². The number of nitrogen functional groups attached to an aromatic ring is 1. The lowest BCUT2D eigenvalue weighted by atomic mass is 10.2. The van der Waals surface area contributed by atoms with Gasteiger partial charge < -0.3 is 21.0 Å². The first kappa shape index (κ1) is 10.9. The maximum Gasteiger partial charge on any atom is 0.206 e. The maximum atomic E-state index is 5.78. The van der Waals surface area contributed by atoms with E-state index in [-0.39, 0.29) is 0 Å². The molecule has 0 spiro atoms. The molecule has 4 aromatic rings. The zero-order chi connectivity index (χ0) is 13.5. The molecule has 4 rings (SSSR count). The fourth-order valence-electron chi connectivity index (χ4n) is 2.36. The van der Waals surface area contributed by atoms with Gasteiger partial charge in [-0.25, -0.2) is 4.98 Å². The van der Waals surface area contributed by atoms with E-state index in [1.807, 2.05) is 48.5 Å². The van der Waals surface area contributed by atoms with Crippen LogP contribution in [-0.2, 0) is 0 Å². The Morgan fingerprint density at radius 2 is 1.85 bits per heavy atom. The Labute approximate surface area is 114 Å². The van der Waals surface area contributed by atoms with Crippen molar-refractivity contribution in [3.8, 4) is 0 Å². The van der Waals surface area contributed by atoms with Crippen molar-refractivity contribution in [2.75, 3.05) is 11.1 Å². The number of imidazole rings is 1. The van der Waals surface area contributed by atoms with Crippen LogP contribution in [0.4, 0.5) is 17.5 Å². The predicted octanol–water partition coefficient (Wildman–Crippen LogP) is 3.37. The summed E-state index contributed by atoms with van der Waals surface area (Å²) in [7, 11) is 0. The highest BCUT2D eigenvalue weighted by Crippen LogP contribution is 2.23. The topological polar surface area (TPSA) is 82.5 Å². The van der Waals surface area contributed by atoms with Crippen molar-refractivity contribution in [1.29, 1.82) is 0 Å². The third-order valence-corrected chi connectivity index (χ3v) is 3.29. The summed E-state index contributed by atoms with van der Waals surface area (Å²) in [6.07, 6.45) is 0. The van der Waals surface area contributed by atoms with Gasteiger partial charge in [-0.3, -0.25) is 0 Å². The van der Waals surface area contributed by atoms with E-state index in [4.69, 9.17) is 5.73 Å². The Morgan fingerprint density at radius 3 is 2.75 bits per heavy atom. The molecule has 0 aliphatic carbocycles. The quantitative estimate of drug-likeness (QED) is 0.418. The number of anilines is 3. The zero-order valence-corrected chi connectivity index (χ0v) is 10.6. The summed E-state index contributed by atoms with van der Waals surface area (Å²) >= 11 is 0. The van der Waals surface area contributed by atoms with Gasteiger partial charge in [-0.2, -0.15) is 0 Å². The van der Waals surface area contributed by atoms with Crippen LogP contribution in [0.3, 0.4) is 0 Å². The lowest BCUT2D eigenvalue weighted by Gasteiger charge is -1.97. The number of H-pyrrole nitrogens is 2. The van der Waals surface area contributed by atoms with Gasteiger partial charge in [0.2, 0.25) is 5.95 Å². The molecule has 0 aliphatic heterocycles. The van der Waals surface area contributed by atoms with Gasteiger partial charge in [-0.1, -0.05) is 12.1 Å². The van der Waals surface area contributed by atoms with Crippen LogP contribution in [0.2, 0.25) is 0 Å².